The molecular formula is C21H20N2O3. The molecule has 2 aromatic rings. The van der Waals surface area contributed by atoms with Crippen molar-refractivity contribution in [2.45, 2.75) is 12.5 Å². The number of likely N-dealkylation sites (tertiary alicyclic amines) is 2. The molecule has 2 saturated heterocycles. The van der Waals surface area contributed by atoms with E-state index in [9.17, 15) is 14.4 Å². The van der Waals surface area contributed by atoms with E-state index in [1.165, 1.54) is 4.90 Å². The van der Waals surface area contributed by atoms with Gasteiger partial charge in [0.2, 0.25) is 17.7 Å². The maximum absolute atomic E-state index is 13.2. The van der Waals surface area contributed by atoms with Crippen molar-refractivity contribution in [1.29, 1.82) is 0 Å². The van der Waals surface area contributed by atoms with Crippen LogP contribution in [0.4, 0.5) is 0 Å². The van der Waals surface area contributed by atoms with E-state index < -0.39 is 17.4 Å². The van der Waals surface area contributed by atoms with Crippen molar-refractivity contribution in [3.8, 4) is 0 Å². The Kier molecular flexibility index (Phi) is 3.68. The minimum atomic E-state index is -0.985. The van der Waals surface area contributed by atoms with Gasteiger partial charge in [-0.3, -0.25) is 19.3 Å². The second-order valence-corrected chi connectivity index (χ2v) is 6.77. The second-order valence-electron chi connectivity index (χ2n) is 6.77. The topological polar surface area (TPSA) is 57.7 Å². The van der Waals surface area contributed by atoms with Crippen molar-refractivity contribution in [2.75, 3.05) is 13.6 Å². The Morgan fingerprint density at radius 1 is 0.808 bits per heavy atom. The van der Waals surface area contributed by atoms with Gasteiger partial charge < -0.3 is 4.90 Å². The molecule has 2 heterocycles. The maximum atomic E-state index is 13.2. The van der Waals surface area contributed by atoms with Gasteiger partial charge >= 0.3 is 0 Å². The van der Waals surface area contributed by atoms with Crippen molar-refractivity contribution < 1.29 is 14.4 Å². The first-order chi connectivity index (χ1) is 12.5. The summed E-state index contributed by atoms with van der Waals surface area (Å²) in [5, 5.41) is 0. The van der Waals surface area contributed by atoms with Gasteiger partial charge in [-0.15, -0.1) is 0 Å². The molecule has 0 saturated carbocycles. The number of amides is 3. The zero-order chi connectivity index (χ0) is 18.5. The van der Waals surface area contributed by atoms with Crippen LogP contribution in [0.15, 0.2) is 60.7 Å². The lowest BCUT2D eigenvalue weighted by Gasteiger charge is -2.40. The van der Waals surface area contributed by atoms with Gasteiger partial charge in [0.1, 0.15) is 11.5 Å². The average molecular weight is 348 g/mol. The van der Waals surface area contributed by atoms with Crippen LogP contribution in [0.3, 0.4) is 0 Å². The van der Waals surface area contributed by atoms with Gasteiger partial charge in [-0.05, 0) is 18.1 Å². The Morgan fingerprint density at radius 2 is 1.31 bits per heavy atom. The summed E-state index contributed by atoms with van der Waals surface area (Å²) >= 11 is 0. The first kappa shape index (κ1) is 16.5. The van der Waals surface area contributed by atoms with Crippen LogP contribution >= 0.6 is 0 Å². The summed E-state index contributed by atoms with van der Waals surface area (Å²) in [6.07, 6.45) is 0. The molecule has 0 aliphatic carbocycles. The van der Waals surface area contributed by atoms with Gasteiger partial charge in [0, 0.05) is 13.6 Å². The first-order valence-corrected chi connectivity index (χ1v) is 8.79. The van der Waals surface area contributed by atoms with Crippen LogP contribution in [0.1, 0.15) is 18.1 Å². The smallest absolute Gasteiger partial charge is 0.242 e. The number of benzene rings is 2. The van der Waals surface area contributed by atoms with E-state index >= 15 is 0 Å². The molecule has 2 aliphatic rings. The minimum Gasteiger partial charge on any atom is -0.330 e. The van der Waals surface area contributed by atoms with Gasteiger partial charge in [0.25, 0.3) is 0 Å². The van der Waals surface area contributed by atoms with E-state index in [1.807, 2.05) is 60.7 Å². The third-order valence-corrected chi connectivity index (χ3v) is 5.72. The van der Waals surface area contributed by atoms with E-state index in [0.29, 0.717) is 0 Å². The van der Waals surface area contributed by atoms with Crippen LogP contribution in [-0.4, -0.2) is 41.1 Å². The van der Waals surface area contributed by atoms with E-state index in [-0.39, 0.29) is 24.3 Å². The Balaban J connectivity index is 2.04. The molecule has 4 rings (SSSR count). The lowest BCUT2D eigenvalue weighted by molar-refractivity contribution is -0.144. The summed E-state index contributed by atoms with van der Waals surface area (Å²) in [6, 6.07) is 19.1. The van der Waals surface area contributed by atoms with Crippen LogP contribution < -0.4 is 0 Å². The summed E-state index contributed by atoms with van der Waals surface area (Å²) in [7, 11) is 1.69. The highest BCUT2D eigenvalue weighted by atomic mass is 16.2. The van der Waals surface area contributed by atoms with E-state index in [2.05, 4.69) is 0 Å². The molecule has 0 spiro atoms. The van der Waals surface area contributed by atoms with Gasteiger partial charge in [0.15, 0.2) is 0 Å². The number of fused-ring (bicyclic) bond motifs is 1. The van der Waals surface area contributed by atoms with Crippen molar-refractivity contribution >= 4 is 17.7 Å². The standard InChI is InChI=1S/C21H20N2O3/c1-3-23-19(25)16-17(20(23)26)21(22(2)18(16)24,14-10-6-4-7-11-14)15-12-8-5-9-13-15/h4-13,16-17H,3H2,1-2H3/t16-,17-/m0/s1. The lowest BCUT2D eigenvalue weighted by Crippen LogP contribution is -2.49. The molecule has 0 bridgehead atoms. The van der Waals surface area contributed by atoms with Crippen molar-refractivity contribution in [3.05, 3.63) is 71.8 Å². The Morgan fingerprint density at radius 3 is 1.77 bits per heavy atom. The fraction of sp³-hybridized carbons (Fsp3) is 0.286. The molecule has 2 aromatic carbocycles. The second kappa shape index (κ2) is 5.80. The monoisotopic (exact) mass is 348 g/mol. The zero-order valence-corrected chi connectivity index (χ0v) is 14.8. The third kappa shape index (κ3) is 1.88. The van der Waals surface area contributed by atoms with E-state index in [4.69, 9.17) is 0 Å². The number of nitrogens with zero attached hydrogens (tertiary/aromatic N) is 2. The molecule has 26 heavy (non-hydrogen) atoms. The summed E-state index contributed by atoms with van der Waals surface area (Å²) in [4.78, 5) is 41.9. The molecule has 5 nitrogen and oxygen atoms in total. The Hall–Kier alpha value is -2.95. The molecule has 2 aliphatic heterocycles. The van der Waals surface area contributed by atoms with Crippen LogP contribution in [-0.2, 0) is 19.9 Å². The molecule has 3 amide bonds. The molecule has 2 fully saturated rings. The third-order valence-electron chi connectivity index (χ3n) is 5.72. The normalized spacial score (nSPS) is 24.3. The minimum absolute atomic E-state index is 0.270. The zero-order valence-electron chi connectivity index (χ0n) is 14.8. The Bertz CT molecular complexity index is 839. The quantitative estimate of drug-likeness (QED) is 0.630. The van der Waals surface area contributed by atoms with Gasteiger partial charge in [-0.2, -0.15) is 0 Å². The molecule has 0 N–H and O–H groups in total. The largest absolute Gasteiger partial charge is 0.330 e. The molecule has 2 atom stereocenters. The average Bonchev–Trinajstić information content (AvgIpc) is 3.07. The van der Waals surface area contributed by atoms with Crippen LogP contribution in [0.25, 0.3) is 0 Å². The van der Waals surface area contributed by atoms with E-state index in [0.717, 1.165) is 11.1 Å². The maximum Gasteiger partial charge on any atom is 0.242 e. The number of imide groups is 1. The number of hydrogen-bond acceptors (Lipinski definition) is 3. The summed E-state index contributed by atoms with van der Waals surface area (Å²) in [6.45, 7) is 2.04. The van der Waals surface area contributed by atoms with Gasteiger partial charge in [-0.1, -0.05) is 60.7 Å². The Labute approximate surface area is 152 Å². The molecule has 5 heteroatoms. The van der Waals surface area contributed by atoms with Crippen LogP contribution in [0, 0.1) is 11.8 Å². The fourth-order valence-corrected chi connectivity index (χ4v) is 4.60. The summed E-state index contributed by atoms with van der Waals surface area (Å²) < 4.78 is 0. The lowest BCUT2D eigenvalue weighted by atomic mass is 9.71. The highest BCUT2D eigenvalue weighted by Gasteiger charge is 2.69. The summed E-state index contributed by atoms with van der Waals surface area (Å²) in [5.41, 5.74) is 0.698. The highest BCUT2D eigenvalue weighted by Crippen LogP contribution is 2.54. The van der Waals surface area contributed by atoms with Gasteiger partial charge in [-0.25, -0.2) is 0 Å². The first-order valence-electron chi connectivity index (χ1n) is 8.79. The predicted octanol–water partition coefficient (Wildman–Crippen LogP) is 2.02. The van der Waals surface area contributed by atoms with Crippen molar-refractivity contribution in [2.24, 2.45) is 11.8 Å². The molecular weight excluding hydrogens is 328 g/mol. The van der Waals surface area contributed by atoms with Crippen LogP contribution in [0.5, 0.6) is 0 Å². The van der Waals surface area contributed by atoms with Crippen molar-refractivity contribution in [3.63, 3.8) is 0 Å². The fourth-order valence-electron chi connectivity index (χ4n) is 4.60. The van der Waals surface area contributed by atoms with Crippen LogP contribution in [0.2, 0.25) is 0 Å². The van der Waals surface area contributed by atoms with Gasteiger partial charge in [0.05, 0.1) is 5.92 Å². The molecule has 0 unspecified atom stereocenters. The van der Waals surface area contributed by atoms with E-state index in [1.54, 1.807) is 18.9 Å². The number of carbonyl (C=O) groups excluding carboxylic acids is 3. The number of carbonyl (C=O) groups is 3. The number of rotatable bonds is 3. The highest BCUT2D eigenvalue weighted by molar-refractivity contribution is 6.17. The summed E-state index contributed by atoms with van der Waals surface area (Å²) in [5.74, 6) is -2.65. The van der Waals surface area contributed by atoms with Crippen molar-refractivity contribution in [1.82, 2.24) is 9.80 Å². The molecule has 0 aromatic heterocycles. The molecule has 0 radical (unpaired) electrons. The molecule has 132 valence electrons. The predicted molar refractivity (Wildman–Crippen MR) is 95.8 cm³/mol. The number of hydrogen-bond donors (Lipinski definition) is 0. The SMILES string of the molecule is CCN1C(=O)[C@@H]2C(=O)N(C)C(c3ccccc3)(c3ccccc3)[C@@H]2C1=O.